The monoisotopic (exact) mass is 342 g/mol. The Bertz CT molecular complexity index is 372. The molecule has 1 saturated heterocycles. The predicted molar refractivity (Wildman–Crippen MR) is 71.8 cm³/mol. The fourth-order valence-electron chi connectivity index (χ4n) is 2.03. The minimum absolute atomic E-state index is 0.0509. The zero-order valence-electron chi connectivity index (χ0n) is 10.4. The van der Waals surface area contributed by atoms with Gasteiger partial charge in [0.2, 0.25) is 0 Å². The van der Waals surface area contributed by atoms with E-state index in [0.717, 1.165) is 31.0 Å². The van der Waals surface area contributed by atoms with Gasteiger partial charge in [-0.25, -0.2) is 9.52 Å². The smallest absolute Gasteiger partial charge is 0.421 e. The van der Waals surface area contributed by atoms with Gasteiger partial charge in [0.1, 0.15) is 0 Å². The van der Waals surface area contributed by atoms with E-state index in [-0.39, 0.29) is 12.6 Å². The highest BCUT2D eigenvalue weighted by Gasteiger charge is 2.33. The molecule has 0 aromatic rings. The molecule has 0 radical (unpaired) electrons. The SMILES string of the molecule is CCOC(=O)NS(=O)(=O)N1CCCCC1CCBr. The molecule has 0 saturated carbocycles. The van der Waals surface area contributed by atoms with E-state index in [1.807, 2.05) is 4.72 Å². The summed E-state index contributed by atoms with van der Waals surface area (Å²) < 4.78 is 32.0. The first-order valence-corrected chi connectivity index (χ1v) is 8.59. The second-order valence-electron chi connectivity index (χ2n) is 4.07. The second kappa shape index (κ2) is 7.30. The number of nitrogens with zero attached hydrogens (tertiary/aromatic N) is 1. The Morgan fingerprint density at radius 1 is 1.50 bits per heavy atom. The summed E-state index contributed by atoms with van der Waals surface area (Å²) in [6, 6.07) is -0.0509. The van der Waals surface area contributed by atoms with Crippen LogP contribution in [0.15, 0.2) is 0 Å². The van der Waals surface area contributed by atoms with Gasteiger partial charge in [0.05, 0.1) is 6.61 Å². The summed E-state index contributed by atoms with van der Waals surface area (Å²) in [5.74, 6) is 0. The van der Waals surface area contributed by atoms with Crippen molar-refractivity contribution in [1.82, 2.24) is 9.03 Å². The molecule has 0 aromatic carbocycles. The Morgan fingerprint density at radius 2 is 2.22 bits per heavy atom. The zero-order valence-corrected chi connectivity index (χ0v) is 12.8. The molecule has 6 nitrogen and oxygen atoms in total. The van der Waals surface area contributed by atoms with Crippen LogP contribution in [0.2, 0.25) is 0 Å². The molecule has 106 valence electrons. The minimum atomic E-state index is -3.79. The van der Waals surface area contributed by atoms with Crippen LogP contribution in [0.4, 0.5) is 4.79 Å². The van der Waals surface area contributed by atoms with Gasteiger partial charge in [-0.2, -0.15) is 12.7 Å². The number of alkyl halides is 1. The maximum absolute atomic E-state index is 12.1. The van der Waals surface area contributed by atoms with Gasteiger partial charge < -0.3 is 4.74 Å². The first-order valence-electron chi connectivity index (χ1n) is 6.03. The number of nitrogens with one attached hydrogen (secondary N) is 1. The van der Waals surface area contributed by atoms with E-state index in [0.29, 0.717) is 6.54 Å². The third kappa shape index (κ3) is 4.40. The summed E-state index contributed by atoms with van der Waals surface area (Å²) in [5.41, 5.74) is 0. The van der Waals surface area contributed by atoms with Gasteiger partial charge in [-0.15, -0.1) is 0 Å². The molecule has 1 rings (SSSR count). The van der Waals surface area contributed by atoms with Crippen LogP contribution >= 0.6 is 15.9 Å². The molecule has 1 heterocycles. The van der Waals surface area contributed by atoms with E-state index in [1.165, 1.54) is 4.31 Å². The molecule has 1 N–H and O–H groups in total. The Labute approximate surface area is 116 Å². The van der Waals surface area contributed by atoms with Crippen molar-refractivity contribution in [3.63, 3.8) is 0 Å². The molecule has 1 unspecified atom stereocenters. The van der Waals surface area contributed by atoms with Crippen LogP contribution in [-0.2, 0) is 14.9 Å². The van der Waals surface area contributed by atoms with Crippen LogP contribution in [0.1, 0.15) is 32.6 Å². The Kier molecular flexibility index (Phi) is 6.37. The first-order chi connectivity index (χ1) is 8.51. The van der Waals surface area contributed by atoms with Crippen molar-refractivity contribution in [2.75, 3.05) is 18.5 Å². The van der Waals surface area contributed by atoms with E-state index < -0.39 is 16.3 Å². The molecule has 0 aromatic heterocycles. The number of hydrogen-bond acceptors (Lipinski definition) is 4. The normalized spacial score (nSPS) is 21.6. The van der Waals surface area contributed by atoms with Gasteiger partial charge in [-0.3, -0.25) is 0 Å². The number of halogens is 1. The molecule has 1 fully saturated rings. The predicted octanol–water partition coefficient (Wildman–Crippen LogP) is 1.62. The average Bonchev–Trinajstić information content (AvgIpc) is 2.29. The van der Waals surface area contributed by atoms with Gasteiger partial charge >= 0.3 is 16.3 Å². The fraction of sp³-hybridized carbons (Fsp3) is 0.900. The lowest BCUT2D eigenvalue weighted by Crippen LogP contribution is -2.50. The highest BCUT2D eigenvalue weighted by atomic mass is 79.9. The molecule has 0 spiro atoms. The standard InChI is InChI=1S/C10H19BrN2O4S/c1-2-17-10(14)12-18(15,16)13-8-4-3-5-9(13)6-7-11/h9H,2-8H2,1H3,(H,12,14). The summed E-state index contributed by atoms with van der Waals surface area (Å²) in [6.45, 7) is 2.22. The summed E-state index contributed by atoms with van der Waals surface area (Å²) in [4.78, 5) is 11.2. The van der Waals surface area contributed by atoms with Crippen LogP contribution in [0.3, 0.4) is 0 Å². The number of amides is 1. The Morgan fingerprint density at radius 3 is 2.83 bits per heavy atom. The maximum Gasteiger partial charge on any atom is 0.421 e. The molecule has 1 atom stereocenters. The van der Waals surface area contributed by atoms with Gasteiger partial charge in [0, 0.05) is 17.9 Å². The molecule has 0 bridgehead atoms. The van der Waals surface area contributed by atoms with Crippen molar-refractivity contribution in [2.24, 2.45) is 0 Å². The van der Waals surface area contributed by atoms with E-state index in [4.69, 9.17) is 0 Å². The van der Waals surface area contributed by atoms with E-state index in [9.17, 15) is 13.2 Å². The highest BCUT2D eigenvalue weighted by molar-refractivity contribution is 9.09. The number of rotatable bonds is 5. The number of carbonyl (C=O) groups is 1. The zero-order chi connectivity index (χ0) is 13.6. The van der Waals surface area contributed by atoms with Crippen molar-refractivity contribution < 1.29 is 17.9 Å². The number of ether oxygens (including phenoxy) is 1. The largest absolute Gasteiger partial charge is 0.449 e. The van der Waals surface area contributed by atoms with Crippen molar-refractivity contribution in [3.8, 4) is 0 Å². The first kappa shape index (κ1) is 15.7. The summed E-state index contributed by atoms with van der Waals surface area (Å²) >= 11 is 3.32. The third-order valence-corrected chi connectivity index (χ3v) is 4.79. The molecule has 1 aliphatic rings. The maximum atomic E-state index is 12.1. The van der Waals surface area contributed by atoms with Crippen LogP contribution in [0, 0.1) is 0 Å². The molecule has 18 heavy (non-hydrogen) atoms. The van der Waals surface area contributed by atoms with Crippen LogP contribution in [-0.4, -0.2) is 43.3 Å². The van der Waals surface area contributed by atoms with Crippen LogP contribution in [0.5, 0.6) is 0 Å². The molecule has 0 aliphatic carbocycles. The van der Waals surface area contributed by atoms with Crippen molar-refractivity contribution in [3.05, 3.63) is 0 Å². The average molecular weight is 343 g/mol. The van der Waals surface area contributed by atoms with Gasteiger partial charge in [0.15, 0.2) is 0 Å². The summed E-state index contributed by atoms with van der Waals surface area (Å²) in [6.07, 6.45) is 2.49. The molecule has 1 amide bonds. The minimum Gasteiger partial charge on any atom is -0.449 e. The number of piperidine rings is 1. The second-order valence-corrected chi connectivity index (χ2v) is 6.48. The molecule has 1 aliphatic heterocycles. The Hall–Kier alpha value is -0.340. The van der Waals surface area contributed by atoms with Gasteiger partial charge in [0.25, 0.3) is 0 Å². The molecular formula is C10H19BrN2O4S. The van der Waals surface area contributed by atoms with Gasteiger partial charge in [-0.05, 0) is 26.2 Å². The van der Waals surface area contributed by atoms with E-state index in [2.05, 4.69) is 20.7 Å². The lowest BCUT2D eigenvalue weighted by Gasteiger charge is -2.33. The van der Waals surface area contributed by atoms with Crippen molar-refractivity contribution >= 4 is 32.2 Å². The number of carbonyl (C=O) groups excluding carboxylic acids is 1. The third-order valence-electron chi connectivity index (χ3n) is 2.81. The lowest BCUT2D eigenvalue weighted by molar-refractivity contribution is 0.157. The molecule has 8 heteroatoms. The quantitative estimate of drug-likeness (QED) is 0.770. The van der Waals surface area contributed by atoms with Crippen LogP contribution in [0.25, 0.3) is 0 Å². The van der Waals surface area contributed by atoms with Crippen molar-refractivity contribution in [1.29, 1.82) is 0 Å². The topological polar surface area (TPSA) is 75.7 Å². The highest BCUT2D eigenvalue weighted by Crippen LogP contribution is 2.22. The van der Waals surface area contributed by atoms with Crippen LogP contribution < -0.4 is 4.72 Å². The van der Waals surface area contributed by atoms with Gasteiger partial charge in [-0.1, -0.05) is 22.4 Å². The van der Waals surface area contributed by atoms with Crippen molar-refractivity contribution in [2.45, 2.75) is 38.6 Å². The van der Waals surface area contributed by atoms with E-state index in [1.54, 1.807) is 6.92 Å². The molecular weight excluding hydrogens is 324 g/mol. The Balaban J connectivity index is 2.71. The summed E-state index contributed by atoms with van der Waals surface area (Å²) in [7, 11) is -3.79. The number of hydrogen-bond donors (Lipinski definition) is 1. The summed E-state index contributed by atoms with van der Waals surface area (Å²) in [5, 5.41) is 0.739. The van der Waals surface area contributed by atoms with E-state index >= 15 is 0 Å². The lowest BCUT2D eigenvalue weighted by atomic mass is 10.0. The fourth-order valence-corrected chi connectivity index (χ4v) is 3.92.